The van der Waals surface area contributed by atoms with E-state index in [9.17, 15) is 4.79 Å². The minimum Gasteiger partial charge on any atom is -0.352 e. The molecular weight excluding hydrogens is 264 g/mol. The lowest BCUT2D eigenvalue weighted by Gasteiger charge is -2.04. The van der Waals surface area contributed by atoms with Gasteiger partial charge in [0, 0.05) is 34.5 Å². The molecule has 1 aromatic carbocycles. The number of nitrogens with zero attached hydrogens (tertiary/aromatic N) is 1. The van der Waals surface area contributed by atoms with Gasteiger partial charge in [-0.25, -0.2) is 4.98 Å². The molecule has 94 valence electrons. The number of thiol groups is 1. The zero-order valence-corrected chi connectivity index (χ0v) is 11.7. The molecule has 1 aromatic heterocycles. The number of benzene rings is 1. The van der Waals surface area contributed by atoms with E-state index in [1.54, 1.807) is 23.5 Å². The van der Waals surface area contributed by atoms with Crippen LogP contribution in [0.25, 0.3) is 0 Å². The van der Waals surface area contributed by atoms with Crippen molar-refractivity contribution in [1.82, 2.24) is 10.3 Å². The van der Waals surface area contributed by atoms with E-state index in [1.165, 1.54) is 0 Å². The number of thiazole rings is 1. The predicted octanol–water partition coefficient (Wildman–Crippen LogP) is 2.71. The zero-order chi connectivity index (χ0) is 13.0. The molecular formula is C13H14N2OS2. The van der Waals surface area contributed by atoms with Gasteiger partial charge in [-0.05, 0) is 31.2 Å². The number of amides is 1. The van der Waals surface area contributed by atoms with Gasteiger partial charge in [-0.15, -0.1) is 24.0 Å². The molecule has 2 rings (SSSR count). The molecule has 2 aromatic rings. The van der Waals surface area contributed by atoms with Gasteiger partial charge in [0.15, 0.2) is 0 Å². The van der Waals surface area contributed by atoms with Crippen molar-refractivity contribution in [3.8, 4) is 0 Å². The summed E-state index contributed by atoms with van der Waals surface area (Å²) < 4.78 is 0. The highest BCUT2D eigenvalue weighted by Crippen LogP contribution is 2.09. The summed E-state index contributed by atoms with van der Waals surface area (Å²) in [5.74, 6) is -0.0587. The Hall–Kier alpha value is -1.33. The highest BCUT2D eigenvalue weighted by Gasteiger charge is 2.05. The maximum absolute atomic E-state index is 11.8. The van der Waals surface area contributed by atoms with Gasteiger partial charge in [-0.1, -0.05) is 0 Å². The molecule has 1 N–H and O–H groups in total. The fourth-order valence-corrected chi connectivity index (χ4v) is 2.44. The minimum absolute atomic E-state index is 0.0587. The van der Waals surface area contributed by atoms with Gasteiger partial charge in [0.2, 0.25) is 0 Å². The average molecular weight is 278 g/mol. The Bertz CT molecular complexity index is 534. The summed E-state index contributed by atoms with van der Waals surface area (Å²) in [7, 11) is 0. The summed E-state index contributed by atoms with van der Waals surface area (Å²) in [5.41, 5.74) is 1.69. The van der Waals surface area contributed by atoms with E-state index < -0.39 is 0 Å². The van der Waals surface area contributed by atoms with Crippen LogP contribution in [0.2, 0.25) is 0 Å². The van der Waals surface area contributed by atoms with Gasteiger partial charge in [0.1, 0.15) is 0 Å². The molecule has 18 heavy (non-hydrogen) atoms. The van der Waals surface area contributed by atoms with Crippen LogP contribution in [0.15, 0.2) is 34.5 Å². The lowest BCUT2D eigenvalue weighted by Crippen LogP contribution is -2.25. The van der Waals surface area contributed by atoms with E-state index in [0.717, 1.165) is 22.0 Å². The van der Waals surface area contributed by atoms with Crippen molar-refractivity contribution in [2.45, 2.75) is 18.2 Å². The van der Waals surface area contributed by atoms with Gasteiger partial charge >= 0.3 is 0 Å². The van der Waals surface area contributed by atoms with E-state index in [-0.39, 0.29) is 5.91 Å². The summed E-state index contributed by atoms with van der Waals surface area (Å²) in [6.45, 7) is 2.58. The van der Waals surface area contributed by atoms with Crippen molar-refractivity contribution < 1.29 is 4.79 Å². The highest BCUT2D eigenvalue weighted by molar-refractivity contribution is 7.80. The van der Waals surface area contributed by atoms with Crippen molar-refractivity contribution in [2.24, 2.45) is 0 Å². The van der Waals surface area contributed by atoms with Crippen LogP contribution < -0.4 is 5.32 Å². The largest absolute Gasteiger partial charge is 0.352 e. The monoisotopic (exact) mass is 278 g/mol. The molecule has 0 spiro atoms. The Morgan fingerprint density at radius 2 is 2.11 bits per heavy atom. The smallest absolute Gasteiger partial charge is 0.251 e. The SMILES string of the molecule is Cc1csc(CCNC(=O)c2ccc(S)cc2)n1. The second kappa shape index (κ2) is 6.02. The summed E-state index contributed by atoms with van der Waals surface area (Å²) in [5, 5.41) is 5.95. The zero-order valence-electron chi connectivity index (χ0n) is 10.0. The Labute approximate surface area is 116 Å². The Kier molecular flexibility index (Phi) is 4.38. The summed E-state index contributed by atoms with van der Waals surface area (Å²) in [4.78, 5) is 17.0. The van der Waals surface area contributed by atoms with Crippen LogP contribution >= 0.6 is 24.0 Å². The van der Waals surface area contributed by atoms with E-state index >= 15 is 0 Å². The number of carbonyl (C=O) groups is 1. The van der Waals surface area contributed by atoms with E-state index in [0.29, 0.717) is 12.1 Å². The third-order valence-electron chi connectivity index (χ3n) is 2.42. The maximum Gasteiger partial charge on any atom is 0.251 e. The number of hydrogen-bond donors (Lipinski definition) is 2. The van der Waals surface area contributed by atoms with Crippen molar-refractivity contribution in [3.05, 3.63) is 45.9 Å². The molecule has 0 fully saturated rings. The first kappa shape index (κ1) is 13.1. The quantitative estimate of drug-likeness (QED) is 0.844. The van der Waals surface area contributed by atoms with E-state index in [2.05, 4.69) is 22.9 Å². The average Bonchev–Trinajstić information content (AvgIpc) is 2.76. The van der Waals surface area contributed by atoms with Gasteiger partial charge in [-0.3, -0.25) is 4.79 Å². The van der Waals surface area contributed by atoms with E-state index in [4.69, 9.17) is 0 Å². The van der Waals surface area contributed by atoms with Crippen LogP contribution in [0.1, 0.15) is 21.1 Å². The van der Waals surface area contributed by atoms with E-state index in [1.807, 2.05) is 24.4 Å². The summed E-state index contributed by atoms with van der Waals surface area (Å²) >= 11 is 5.81. The van der Waals surface area contributed by atoms with Crippen LogP contribution in [0.4, 0.5) is 0 Å². The Balaban J connectivity index is 1.83. The van der Waals surface area contributed by atoms with Crippen LogP contribution in [-0.2, 0) is 6.42 Å². The Morgan fingerprint density at radius 1 is 1.39 bits per heavy atom. The molecule has 0 aliphatic rings. The molecule has 0 radical (unpaired) electrons. The third kappa shape index (κ3) is 3.58. The van der Waals surface area contributed by atoms with Gasteiger partial charge in [0.05, 0.1) is 5.01 Å². The first-order chi connectivity index (χ1) is 8.65. The first-order valence-electron chi connectivity index (χ1n) is 5.63. The molecule has 1 amide bonds. The normalized spacial score (nSPS) is 10.3. The molecule has 0 saturated carbocycles. The number of aromatic nitrogens is 1. The highest BCUT2D eigenvalue weighted by atomic mass is 32.1. The van der Waals surface area contributed by atoms with Gasteiger partial charge in [0.25, 0.3) is 5.91 Å². The van der Waals surface area contributed by atoms with Gasteiger partial charge in [-0.2, -0.15) is 0 Å². The number of rotatable bonds is 4. The second-order valence-electron chi connectivity index (χ2n) is 3.94. The van der Waals surface area contributed by atoms with Crippen molar-refractivity contribution in [2.75, 3.05) is 6.54 Å². The van der Waals surface area contributed by atoms with Crippen molar-refractivity contribution in [1.29, 1.82) is 0 Å². The molecule has 1 heterocycles. The minimum atomic E-state index is -0.0587. The molecule has 0 bridgehead atoms. The molecule has 5 heteroatoms. The first-order valence-corrected chi connectivity index (χ1v) is 6.96. The molecule has 0 unspecified atom stereocenters. The third-order valence-corrected chi connectivity index (χ3v) is 3.75. The van der Waals surface area contributed by atoms with Crippen LogP contribution in [-0.4, -0.2) is 17.4 Å². The molecule has 0 aliphatic carbocycles. The molecule has 0 saturated heterocycles. The number of nitrogens with one attached hydrogen (secondary N) is 1. The standard InChI is InChI=1S/C13H14N2OS2/c1-9-8-18-12(15-9)6-7-14-13(16)10-2-4-11(17)5-3-10/h2-5,8,17H,6-7H2,1H3,(H,14,16). The predicted molar refractivity (Wildman–Crippen MR) is 76.6 cm³/mol. The Morgan fingerprint density at radius 3 is 2.72 bits per heavy atom. The number of hydrogen-bond acceptors (Lipinski definition) is 4. The number of carbonyl (C=O) groups excluding carboxylic acids is 1. The lowest BCUT2D eigenvalue weighted by atomic mass is 10.2. The fourth-order valence-electron chi connectivity index (χ4n) is 1.52. The van der Waals surface area contributed by atoms with Crippen LogP contribution in [0.3, 0.4) is 0 Å². The summed E-state index contributed by atoms with van der Waals surface area (Å²) in [6.07, 6.45) is 0.773. The molecule has 3 nitrogen and oxygen atoms in total. The van der Waals surface area contributed by atoms with Gasteiger partial charge < -0.3 is 5.32 Å². The lowest BCUT2D eigenvalue weighted by molar-refractivity contribution is 0.0954. The van der Waals surface area contributed by atoms with Crippen LogP contribution in [0, 0.1) is 6.92 Å². The fraction of sp³-hybridized carbons (Fsp3) is 0.231. The van der Waals surface area contributed by atoms with Crippen molar-refractivity contribution in [3.63, 3.8) is 0 Å². The van der Waals surface area contributed by atoms with Crippen LogP contribution in [0.5, 0.6) is 0 Å². The number of aryl methyl sites for hydroxylation is 1. The second-order valence-corrected chi connectivity index (χ2v) is 5.39. The topological polar surface area (TPSA) is 42.0 Å². The van der Waals surface area contributed by atoms with Crippen molar-refractivity contribution >= 4 is 29.9 Å². The maximum atomic E-state index is 11.8. The molecule has 0 atom stereocenters. The molecule has 0 aliphatic heterocycles. The summed E-state index contributed by atoms with van der Waals surface area (Å²) in [6, 6.07) is 7.15.